The number of ether oxygens (including phenoxy) is 1. The van der Waals surface area contributed by atoms with E-state index in [2.05, 4.69) is 12.2 Å². The average molecular weight is 312 g/mol. The molecule has 0 unspecified atom stereocenters. The van der Waals surface area contributed by atoms with Gasteiger partial charge >= 0.3 is 0 Å². The molecule has 0 spiro atoms. The van der Waals surface area contributed by atoms with Crippen LogP contribution in [-0.2, 0) is 17.8 Å². The largest absolute Gasteiger partial charge is 0.491 e. The summed E-state index contributed by atoms with van der Waals surface area (Å²) in [5.41, 5.74) is 8.75. The third-order valence-corrected chi connectivity index (χ3v) is 3.51. The molecule has 0 saturated heterocycles. The number of nitrogen functional groups attached to an aromatic ring is 1. The van der Waals surface area contributed by atoms with E-state index in [0.717, 1.165) is 17.5 Å². The normalized spacial score (nSPS) is 10.3. The lowest BCUT2D eigenvalue weighted by atomic mass is 10.1. The number of anilines is 1. The van der Waals surface area contributed by atoms with Crippen molar-refractivity contribution in [3.8, 4) is 5.75 Å². The molecule has 0 aliphatic heterocycles. The molecule has 0 radical (unpaired) electrons. The van der Waals surface area contributed by atoms with Gasteiger partial charge in [-0.05, 0) is 36.1 Å². The van der Waals surface area contributed by atoms with Crippen LogP contribution in [0.25, 0.3) is 0 Å². The number of hydrogen-bond acceptors (Lipinski definition) is 3. The lowest BCUT2D eigenvalue weighted by molar-refractivity contribution is -0.121. The monoisotopic (exact) mass is 312 g/mol. The van der Waals surface area contributed by atoms with Gasteiger partial charge in [-0.2, -0.15) is 0 Å². The SMILES string of the molecule is CCCOc1ccc(CCC(=O)NCc2ccccc2)cc1N. The Kier molecular flexibility index (Phi) is 6.48. The maximum Gasteiger partial charge on any atom is 0.220 e. The second kappa shape index (κ2) is 8.83. The topological polar surface area (TPSA) is 64.3 Å². The quantitative estimate of drug-likeness (QED) is 0.735. The van der Waals surface area contributed by atoms with Gasteiger partial charge < -0.3 is 15.8 Å². The highest BCUT2D eigenvalue weighted by Gasteiger charge is 2.05. The highest BCUT2D eigenvalue weighted by atomic mass is 16.5. The molecular weight excluding hydrogens is 288 g/mol. The summed E-state index contributed by atoms with van der Waals surface area (Å²) >= 11 is 0. The molecule has 4 nitrogen and oxygen atoms in total. The maximum atomic E-state index is 11.9. The molecular formula is C19H24N2O2. The first-order valence-electron chi connectivity index (χ1n) is 8.01. The summed E-state index contributed by atoms with van der Waals surface area (Å²) < 4.78 is 5.55. The summed E-state index contributed by atoms with van der Waals surface area (Å²) in [4.78, 5) is 11.9. The molecule has 0 fully saturated rings. The number of carbonyl (C=O) groups excluding carboxylic acids is 1. The average Bonchev–Trinajstić information content (AvgIpc) is 2.58. The van der Waals surface area contributed by atoms with Gasteiger partial charge in [0.1, 0.15) is 5.75 Å². The molecule has 0 aromatic heterocycles. The summed E-state index contributed by atoms with van der Waals surface area (Å²) in [5.74, 6) is 0.753. The minimum atomic E-state index is 0.0405. The van der Waals surface area contributed by atoms with Crippen molar-refractivity contribution >= 4 is 11.6 Å². The minimum Gasteiger partial charge on any atom is -0.491 e. The Balaban J connectivity index is 1.78. The van der Waals surface area contributed by atoms with E-state index < -0.39 is 0 Å². The smallest absolute Gasteiger partial charge is 0.220 e. The number of rotatable bonds is 8. The summed E-state index contributed by atoms with van der Waals surface area (Å²) in [6.45, 7) is 3.27. The highest BCUT2D eigenvalue weighted by Crippen LogP contribution is 2.23. The van der Waals surface area contributed by atoms with Crippen LogP contribution in [-0.4, -0.2) is 12.5 Å². The first kappa shape index (κ1) is 16.9. The van der Waals surface area contributed by atoms with Crippen molar-refractivity contribution in [2.45, 2.75) is 32.7 Å². The molecule has 0 bridgehead atoms. The molecule has 23 heavy (non-hydrogen) atoms. The van der Waals surface area contributed by atoms with E-state index in [0.29, 0.717) is 37.4 Å². The molecule has 0 saturated carbocycles. The van der Waals surface area contributed by atoms with Gasteiger partial charge in [0.2, 0.25) is 5.91 Å². The number of carbonyl (C=O) groups is 1. The number of nitrogens with one attached hydrogen (secondary N) is 1. The Morgan fingerprint density at radius 2 is 1.91 bits per heavy atom. The molecule has 1 amide bonds. The Bertz CT molecular complexity index is 627. The van der Waals surface area contributed by atoms with Crippen molar-refractivity contribution in [3.63, 3.8) is 0 Å². The van der Waals surface area contributed by atoms with Crippen molar-refractivity contribution in [1.29, 1.82) is 0 Å². The first-order chi connectivity index (χ1) is 11.2. The third kappa shape index (κ3) is 5.66. The third-order valence-electron chi connectivity index (χ3n) is 3.51. The predicted molar refractivity (Wildman–Crippen MR) is 93.3 cm³/mol. The van der Waals surface area contributed by atoms with Gasteiger partial charge in [0.25, 0.3) is 0 Å². The second-order valence-electron chi connectivity index (χ2n) is 5.48. The van der Waals surface area contributed by atoms with Gasteiger partial charge in [-0.25, -0.2) is 0 Å². The fourth-order valence-electron chi connectivity index (χ4n) is 2.24. The van der Waals surface area contributed by atoms with E-state index in [1.54, 1.807) is 0 Å². The first-order valence-corrected chi connectivity index (χ1v) is 8.01. The molecule has 0 heterocycles. The zero-order valence-electron chi connectivity index (χ0n) is 13.5. The molecule has 2 rings (SSSR count). The van der Waals surface area contributed by atoms with Gasteiger partial charge in [-0.15, -0.1) is 0 Å². The van der Waals surface area contributed by atoms with Crippen molar-refractivity contribution in [3.05, 3.63) is 59.7 Å². The minimum absolute atomic E-state index is 0.0405. The Labute approximate surface area is 137 Å². The molecule has 2 aromatic carbocycles. The number of benzene rings is 2. The summed E-state index contributed by atoms with van der Waals surface area (Å²) in [5, 5.41) is 2.93. The van der Waals surface area contributed by atoms with Gasteiger partial charge in [0, 0.05) is 13.0 Å². The van der Waals surface area contributed by atoms with Crippen LogP contribution < -0.4 is 15.8 Å². The summed E-state index contributed by atoms with van der Waals surface area (Å²) in [7, 11) is 0. The van der Waals surface area contributed by atoms with Crippen LogP contribution in [0.3, 0.4) is 0 Å². The van der Waals surface area contributed by atoms with Crippen LogP contribution >= 0.6 is 0 Å². The lowest BCUT2D eigenvalue weighted by Gasteiger charge is -2.10. The molecule has 2 aromatic rings. The van der Waals surface area contributed by atoms with Crippen LogP contribution in [0, 0.1) is 0 Å². The van der Waals surface area contributed by atoms with E-state index >= 15 is 0 Å². The second-order valence-corrected chi connectivity index (χ2v) is 5.48. The highest BCUT2D eigenvalue weighted by molar-refractivity contribution is 5.76. The van der Waals surface area contributed by atoms with Gasteiger partial charge in [0.15, 0.2) is 0 Å². The molecule has 3 N–H and O–H groups in total. The fourth-order valence-corrected chi connectivity index (χ4v) is 2.24. The Morgan fingerprint density at radius 3 is 2.61 bits per heavy atom. The standard InChI is InChI=1S/C19H24N2O2/c1-2-12-23-18-10-8-15(13-17(18)20)9-11-19(22)21-14-16-6-4-3-5-7-16/h3-8,10,13H,2,9,11-12,14,20H2,1H3,(H,21,22). The zero-order chi connectivity index (χ0) is 16.5. The van der Waals surface area contributed by atoms with Crippen molar-refractivity contribution in [2.24, 2.45) is 0 Å². The van der Waals surface area contributed by atoms with Crippen LogP contribution in [0.2, 0.25) is 0 Å². The summed E-state index contributed by atoms with van der Waals surface area (Å²) in [6.07, 6.45) is 2.06. The maximum absolute atomic E-state index is 11.9. The Morgan fingerprint density at radius 1 is 1.13 bits per heavy atom. The van der Waals surface area contributed by atoms with Gasteiger partial charge in [-0.1, -0.05) is 43.3 Å². The van der Waals surface area contributed by atoms with Crippen molar-refractivity contribution < 1.29 is 9.53 Å². The van der Waals surface area contributed by atoms with E-state index in [1.165, 1.54) is 0 Å². The van der Waals surface area contributed by atoms with Crippen molar-refractivity contribution in [1.82, 2.24) is 5.32 Å². The van der Waals surface area contributed by atoms with Gasteiger partial charge in [0.05, 0.1) is 12.3 Å². The van der Waals surface area contributed by atoms with E-state index in [1.807, 2.05) is 48.5 Å². The van der Waals surface area contributed by atoms with E-state index in [4.69, 9.17) is 10.5 Å². The van der Waals surface area contributed by atoms with Crippen molar-refractivity contribution in [2.75, 3.05) is 12.3 Å². The Hall–Kier alpha value is -2.49. The number of aryl methyl sites for hydroxylation is 1. The number of nitrogens with two attached hydrogens (primary N) is 1. The van der Waals surface area contributed by atoms with E-state index in [-0.39, 0.29) is 5.91 Å². The summed E-state index contributed by atoms with van der Waals surface area (Å²) in [6, 6.07) is 15.6. The molecule has 0 atom stereocenters. The molecule has 0 aliphatic carbocycles. The molecule has 122 valence electrons. The van der Waals surface area contributed by atoms with Crippen LogP contribution in [0.1, 0.15) is 30.9 Å². The van der Waals surface area contributed by atoms with Crippen LogP contribution in [0.4, 0.5) is 5.69 Å². The van der Waals surface area contributed by atoms with E-state index in [9.17, 15) is 4.79 Å². The van der Waals surface area contributed by atoms with Gasteiger partial charge in [-0.3, -0.25) is 4.79 Å². The fraction of sp³-hybridized carbons (Fsp3) is 0.316. The van der Waals surface area contributed by atoms with Crippen LogP contribution in [0.5, 0.6) is 5.75 Å². The zero-order valence-corrected chi connectivity index (χ0v) is 13.5. The predicted octanol–water partition coefficient (Wildman–Crippen LogP) is 3.31. The molecule has 0 aliphatic rings. The molecule has 4 heteroatoms. The number of amides is 1. The van der Waals surface area contributed by atoms with Crippen LogP contribution in [0.15, 0.2) is 48.5 Å². The lowest BCUT2D eigenvalue weighted by Crippen LogP contribution is -2.22. The number of hydrogen-bond donors (Lipinski definition) is 2.